The van der Waals surface area contributed by atoms with Gasteiger partial charge in [0.15, 0.2) is 0 Å². The van der Waals surface area contributed by atoms with E-state index in [4.69, 9.17) is 0 Å². The van der Waals surface area contributed by atoms with E-state index in [1.54, 1.807) is 12.1 Å². The van der Waals surface area contributed by atoms with E-state index >= 15 is 0 Å². The molecule has 2 nitrogen and oxygen atoms in total. The fourth-order valence-electron chi connectivity index (χ4n) is 1.79. The normalized spacial score (nSPS) is 11.9. The van der Waals surface area contributed by atoms with Crippen LogP contribution in [0.3, 0.4) is 0 Å². The molecule has 0 saturated heterocycles. The lowest BCUT2D eigenvalue weighted by atomic mass is 10.1. The predicted octanol–water partition coefficient (Wildman–Crippen LogP) is 3.80. The zero-order valence-electron chi connectivity index (χ0n) is 11.2. The molecule has 20 heavy (non-hydrogen) atoms. The summed E-state index contributed by atoms with van der Waals surface area (Å²) in [7, 11) is 0. The third-order valence-electron chi connectivity index (χ3n) is 2.86. The summed E-state index contributed by atoms with van der Waals surface area (Å²) in [6.07, 6.45) is 0. The van der Waals surface area contributed by atoms with Crippen molar-refractivity contribution >= 4 is 17.7 Å². The van der Waals surface area contributed by atoms with Crippen LogP contribution in [0, 0.1) is 5.82 Å². The van der Waals surface area contributed by atoms with E-state index < -0.39 is 0 Å². The molecular formula is C16H16FNOS. The molecule has 1 amide bonds. The highest BCUT2D eigenvalue weighted by Gasteiger charge is 2.09. The fraction of sp³-hybridized carbons (Fsp3) is 0.188. The second-order valence-corrected chi connectivity index (χ2v) is 5.49. The molecule has 0 spiro atoms. The first-order valence-corrected chi connectivity index (χ1v) is 7.36. The Morgan fingerprint density at radius 2 is 1.80 bits per heavy atom. The molecule has 0 unspecified atom stereocenters. The molecule has 4 heteroatoms. The topological polar surface area (TPSA) is 29.1 Å². The van der Waals surface area contributed by atoms with Gasteiger partial charge in [0.1, 0.15) is 5.82 Å². The predicted molar refractivity (Wildman–Crippen MR) is 80.1 cm³/mol. The van der Waals surface area contributed by atoms with E-state index in [1.807, 2.05) is 37.3 Å². The Kier molecular flexibility index (Phi) is 5.18. The molecule has 0 aliphatic carbocycles. The molecule has 2 aromatic rings. The van der Waals surface area contributed by atoms with E-state index in [0.29, 0.717) is 5.75 Å². The first kappa shape index (κ1) is 14.6. The van der Waals surface area contributed by atoms with Crippen LogP contribution in [0.1, 0.15) is 18.5 Å². The molecular weight excluding hydrogens is 273 g/mol. The highest BCUT2D eigenvalue weighted by molar-refractivity contribution is 8.00. The lowest BCUT2D eigenvalue weighted by Crippen LogP contribution is -2.28. The molecule has 2 rings (SSSR count). The van der Waals surface area contributed by atoms with E-state index in [1.165, 1.54) is 23.9 Å². The van der Waals surface area contributed by atoms with Crippen molar-refractivity contribution in [1.82, 2.24) is 5.32 Å². The molecule has 1 atom stereocenters. The number of nitrogens with one attached hydrogen (secondary N) is 1. The summed E-state index contributed by atoms with van der Waals surface area (Å²) >= 11 is 1.40. The summed E-state index contributed by atoms with van der Waals surface area (Å²) in [6, 6.07) is 15.9. The lowest BCUT2D eigenvalue weighted by Gasteiger charge is -2.14. The lowest BCUT2D eigenvalue weighted by molar-refractivity contribution is -0.119. The van der Waals surface area contributed by atoms with Crippen molar-refractivity contribution in [3.05, 3.63) is 66.0 Å². The Balaban J connectivity index is 1.82. The minimum atomic E-state index is -0.267. The van der Waals surface area contributed by atoms with E-state index in [9.17, 15) is 9.18 Å². The number of amides is 1. The van der Waals surface area contributed by atoms with E-state index in [2.05, 4.69) is 5.32 Å². The zero-order valence-corrected chi connectivity index (χ0v) is 12.0. The van der Waals surface area contributed by atoms with Crippen molar-refractivity contribution in [2.24, 2.45) is 0 Å². The van der Waals surface area contributed by atoms with Crippen molar-refractivity contribution in [2.75, 3.05) is 5.75 Å². The fourth-order valence-corrected chi connectivity index (χ4v) is 2.50. The van der Waals surface area contributed by atoms with Gasteiger partial charge < -0.3 is 5.32 Å². The van der Waals surface area contributed by atoms with Crippen molar-refractivity contribution in [3.63, 3.8) is 0 Å². The van der Waals surface area contributed by atoms with Crippen LogP contribution in [0.2, 0.25) is 0 Å². The Labute approximate surface area is 122 Å². The zero-order chi connectivity index (χ0) is 14.4. The maximum absolute atomic E-state index is 12.8. The van der Waals surface area contributed by atoms with Gasteiger partial charge >= 0.3 is 0 Å². The second kappa shape index (κ2) is 7.10. The molecule has 0 saturated carbocycles. The first-order valence-electron chi connectivity index (χ1n) is 6.38. The standard InChI is InChI=1S/C16H16FNOS/c1-12(13-5-3-2-4-6-13)18-16(19)11-20-15-9-7-14(17)8-10-15/h2-10,12H,11H2,1H3,(H,18,19)/t12-/m0/s1. The van der Waals surface area contributed by atoms with Gasteiger partial charge in [0.2, 0.25) is 5.91 Å². The molecule has 0 aromatic heterocycles. The SMILES string of the molecule is C[C@H](NC(=O)CSc1ccc(F)cc1)c1ccccc1. The molecule has 0 radical (unpaired) electrons. The monoisotopic (exact) mass is 289 g/mol. The minimum absolute atomic E-state index is 0.0162. The summed E-state index contributed by atoms with van der Waals surface area (Å²) in [5.74, 6) is 0.0233. The maximum Gasteiger partial charge on any atom is 0.230 e. The summed E-state index contributed by atoms with van der Waals surface area (Å²) in [6.45, 7) is 1.95. The van der Waals surface area contributed by atoms with Crippen LogP contribution in [0.4, 0.5) is 4.39 Å². The quantitative estimate of drug-likeness (QED) is 0.848. The smallest absolute Gasteiger partial charge is 0.230 e. The number of carbonyl (C=O) groups excluding carboxylic acids is 1. The van der Waals surface area contributed by atoms with Gasteiger partial charge in [-0.15, -0.1) is 11.8 Å². The average Bonchev–Trinajstić information content (AvgIpc) is 2.47. The molecule has 0 fully saturated rings. The van der Waals surface area contributed by atoms with Gasteiger partial charge in [0.05, 0.1) is 11.8 Å². The van der Waals surface area contributed by atoms with Gasteiger partial charge in [-0.05, 0) is 36.8 Å². The van der Waals surface area contributed by atoms with Gasteiger partial charge in [0, 0.05) is 4.90 Å². The van der Waals surface area contributed by atoms with E-state index in [0.717, 1.165) is 10.5 Å². The highest BCUT2D eigenvalue weighted by atomic mass is 32.2. The Morgan fingerprint density at radius 3 is 2.45 bits per heavy atom. The van der Waals surface area contributed by atoms with Gasteiger partial charge in [0.25, 0.3) is 0 Å². The number of halogens is 1. The Hall–Kier alpha value is -1.81. The Bertz CT molecular complexity index is 556. The van der Waals surface area contributed by atoms with Gasteiger partial charge in [-0.3, -0.25) is 4.79 Å². The molecule has 0 aliphatic rings. The molecule has 2 aromatic carbocycles. The maximum atomic E-state index is 12.8. The Morgan fingerprint density at radius 1 is 1.15 bits per heavy atom. The number of rotatable bonds is 5. The minimum Gasteiger partial charge on any atom is -0.349 e. The van der Waals surface area contributed by atoms with Crippen LogP contribution in [0.15, 0.2) is 59.5 Å². The number of benzene rings is 2. The number of hydrogen-bond donors (Lipinski definition) is 1. The molecule has 0 aliphatic heterocycles. The average molecular weight is 289 g/mol. The molecule has 0 bridgehead atoms. The summed E-state index contributed by atoms with van der Waals surface area (Å²) in [4.78, 5) is 12.7. The third kappa shape index (κ3) is 4.38. The number of thioether (sulfide) groups is 1. The van der Waals surface area contributed by atoms with Gasteiger partial charge in [-0.1, -0.05) is 30.3 Å². The van der Waals surface area contributed by atoms with Crippen molar-refractivity contribution in [1.29, 1.82) is 0 Å². The van der Waals surface area contributed by atoms with Crippen LogP contribution in [-0.2, 0) is 4.79 Å². The van der Waals surface area contributed by atoms with Gasteiger partial charge in [-0.25, -0.2) is 4.39 Å². The van der Waals surface area contributed by atoms with Crippen LogP contribution in [-0.4, -0.2) is 11.7 Å². The number of hydrogen-bond acceptors (Lipinski definition) is 2. The summed E-state index contributed by atoms with van der Waals surface area (Å²) < 4.78 is 12.8. The first-order chi connectivity index (χ1) is 9.65. The third-order valence-corrected chi connectivity index (χ3v) is 3.87. The summed E-state index contributed by atoms with van der Waals surface area (Å²) in [5, 5.41) is 2.94. The molecule has 104 valence electrons. The van der Waals surface area contributed by atoms with E-state index in [-0.39, 0.29) is 17.8 Å². The van der Waals surface area contributed by atoms with Crippen LogP contribution >= 0.6 is 11.8 Å². The van der Waals surface area contributed by atoms with Crippen LogP contribution in [0.5, 0.6) is 0 Å². The molecule has 0 heterocycles. The van der Waals surface area contributed by atoms with Crippen molar-refractivity contribution < 1.29 is 9.18 Å². The van der Waals surface area contributed by atoms with Crippen LogP contribution < -0.4 is 5.32 Å². The second-order valence-electron chi connectivity index (χ2n) is 4.44. The van der Waals surface area contributed by atoms with Crippen molar-refractivity contribution in [2.45, 2.75) is 17.9 Å². The summed E-state index contributed by atoms with van der Waals surface area (Å²) in [5.41, 5.74) is 1.08. The molecule has 1 N–H and O–H groups in total. The number of carbonyl (C=O) groups is 1. The van der Waals surface area contributed by atoms with Gasteiger partial charge in [-0.2, -0.15) is 0 Å². The highest BCUT2D eigenvalue weighted by Crippen LogP contribution is 2.18. The largest absolute Gasteiger partial charge is 0.349 e. The van der Waals surface area contributed by atoms with Crippen molar-refractivity contribution in [3.8, 4) is 0 Å². The van der Waals surface area contributed by atoms with Crippen LogP contribution in [0.25, 0.3) is 0 Å².